The number of fused-ring (bicyclic) bond motifs is 2. The smallest absolute Gasteiger partial charge is 0.144 e. The second-order valence-electron chi connectivity index (χ2n) is 6.26. The highest BCUT2D eigenvalue weighted by Crippen LogP contribution is 2.31. The second kappa shape index (κ2) is 5.34. The summed E-state index contributed by atoms with van der Waals surface area (Å²) >= 11 is 0. The molecule has 0 radical (unpaired) electrons. The molecule has 4 aromatic rings. The van der Waals surface area contributed by atoms with Crippen LogP contribution in [-0.4, -0.2) is 21.6 Å². The minimum Gasteiger partial charge on any atom is -0.348 e. The Bertz CT molecular complexity index is 1060. The lowest BCUT2D eigenvalue weighted by atomic mass is 10.2. The summed E-state index contributed by atoms with van der Waals surface area (Å²) in [5.74, 6) is 1.72. The van der Waals surface area contributed by atoms with E-state index in [1.54, 1.807) is 0 Å². The van der Waals surface area contributed by atoms with Crippen LogP contribution >= 0.6 is 0 Å². The van der Waals surface area contributed by atoms with E-state index in [-0.39, 0.29) is 0 Å². The molecule has 0 saturated carbocycles. The molecule has 24 heavy (non-hydrogen) atoms. The molecule has 4 nitrogen and oxygen atoms in total. The van der Waals surface area contributed by atoms with E-state index in [1.807, 2.05) is 25.1 Å². The van der Waals surface area contributed by atoms with Gasteiger partial charge in [0.05, 0.1) is 5.52 Å². The van der Waals surface area contributed by atoms with Crippen molar-refractivity contribution in [3.8, 4) is 0 Å². The summed E-state index contributed by atoms with van der Waals surface area (Å²) in [6, 6.07) is 16.9. The maximum Gasteiger partial charge on any atom is 0.144 e. The van der Waals surface area contributed by atoms with Gasteiger partial charge in [-0.25, -0.2) is 9.97 Å². The predicted octanol–water partition coefficient (Wildman–Crippen LogP) is 4.51. The van der Waals surface area contributed by atoms with Crippen molar-refractivity contribution in [1.82, 2.24) is 14.5 Å². The maximum atomic E-state index is 4.69. The molecule has 4 heteroatoms. The molecule has 0 fully saturated rings. The van der Waals surface area contributed by atoms with E-state index in [1.165, 1.54) is 16.6 Å². The fourth-order valence-electron chi connectivity index (χ4n) is 3.23. The van der Waals surface area contributed by atoms with Crippen molar-refractivity contribution in [1.29, 1.82) is 0 Å². The lowest BCUT2D eigenvalue weighted by Crippen LogP contribution is -2.13. The summed E-state index contributed by atoms with van der Waals surface area (Å²) < 4.78 is 2.21. The molecule has 0 spiro atoms. The Morgan fingerprint density at radius 2 is 1.75 bits per heavy atom. The van der Waals surface area contributed by atoms with Crippen molar-refractivity contribution in [2.75, 3.05) is 11.9 Å². The van der Waals surface area contributed by atoms with Crippen LogP contribution in [0.3, 0.4) is 0 Å². The van der Waals surface area contributed by atoms with Crippen molar-refractivity contribution in [2.45, 2.75) is 13.8 Å². The SMILES string of the molecule is Cc1nc(N(C)c2ccc3c(c2)cc(C)n3C)c2ccccc2n1. The Morgan fingerprint density at radius 3 is 2.58 bits per heavy atom. The fourth-order valence-corrected chi connectivity index (χ4v) is 3.23. The Kier molecular flexibility index (Phi) is 3.27. The molecule has 2 aromatic heterocycles. The van der Waals surface area contributed by atoms with E-state index < -0.39 is 0 Å². The van der Waals surface area contributed by atoms with Crippen molar-refractivity contribution < 1.29 is 0 Å². The molecule has 0 aliphatic rings. The minimum atomic E-state index is 0.784. The van der Waals surface area contributed by atoms with Gasteiger partial charge in [-0.15, -0.1) is 0 Å². The number of aromatic nitrogens is 3. The maximum absolute atomic E-state index is 4.69. The second-order valence-corrected chi connectivity index (χ2v) is 6.26. The van der Waals surface area contributed by atoms with E-state index >= 15 is 0 Å². The number of hydrogen-bond donors (Lipinski definition) is 0. The van der Waals surface area contributed by atoms with Crippen molar-refractivity contribution in [2.24, 2.45) is 7.05 Å². The van der Waals surface area contributed by atoms with Gasteiger partial charge in [0.25, 0.3) is 0 Å². The molecule has 120 valence electrons. The van der Waals surface area contributed by atoms with Crippen molar-refractivity contribution in [3.63, 3.8) is 0 Å². The molecule has 0 amide bonds. The summed E-state index contributed by atoms with van der Waals surface area (Å²) in [6.45, 7) is 4.07. The summed E-state index contributed by atoms with van der Waals surface area (Å²) in [5.41, 5.74) is 4.60. The number of hydrogen-bond acceptors (Lipinski definition) is 3. The molecule has 4 rings (SSSR count). The Balaban J connectivity index is 1.88. The standard InChI is InChI=1S/C20H20N4/c1-13-11-15-12-16(9-10-19(15)23(13)3)24(4)20-17-7-5-6-8-18(17)21-14(2)22-20/h5-12H,1-4H3. The lowest BCUT2D eigenvalue weighted by molar-refractivity contribution is 0.918. The normalized spacial score (nSPS) is 11.3. The third kappa shape index (κ3) is 2.22. The third-order valence-corrected chi connectivity index (χ3v) is 4.67. The molecule has 0 aliphatic carbocycles. The zero-order valence-electron chi connectivity index (χ0n) is 14.4. The van der Waals surface area contributed by atoms with Crippen molar-refractivity contribution >= 4 is 33.3 Å². The van der Waals surface area contributed by atoms with Gasteiger partial charge in [0.1, 0.15) is 11.6 Å². The van der Waals surface area contributed by atoms with Crippen LogP contribution in [0.1, 0.15) is 11.5 Å². The topological polar surface area (TPSA) is 34.0 Å². The van der Waals surface area contributed by atoms with Crippen LogP contribution in [0.25, 0.3) is 21.8 Å². The zero-order chi connectivity index (χ0) is 16.8. The average molecular weight is 316 g/mol. The summed E-state index contributed by atoms with van der Waals surface area (Å²) in [7, 11) is 4.16. The van der Waals surface area contributed by atoms with E-state index in [2.05, 4.69) is 65.8 Å². The number of rotatable bonds is 2. The number of benzene rings is 2. The molecular weight excluding hydrogens is 296 g/mol. The first-order chi connectivity index (χ1) is 11.5. The summed E-state index contributed by atoms with van der Waals surface area (Å²) in [5, 5.41) is 2.31. The molecule has 2 aromatic carbocycles. The molecule has 0 bridgehead atoms. The number of para-hydroxylation sites is 1. The largest absolute Gasteiger partial charge is 0.348 e. The fraction of sp³-hybridized carbons (Fsp3) is 0.200. The Morgan fingerprint density at radius 1 is 0.958 bits per heavy atom. The monoisotopic (exact) mass is 316 g/mol. The first-order valence-corrected chi connectivity index (χ1v) is 8.08. The molecule has 0 atom stereocenters. The van der Waals surface area contributed by atoms with Gasteiger partial charge in [-0.3, -0.25) is 0 Å². The van der Waals surface area contributed by atoms with E-state index in [4.69, 9.17) is 4.98 Å². The van der Waals surface area contributed by atoms with Crippen LogP contribution in [0.2, 0.25) is 0 Å². The van der Waals surface area contributed by atoms with E-state index in [9.17, 15) is 0 Å². The highest BCUT2D eigenvalue weighted by molar-refractivity contribution is 5.93. The van der Waals surface area contributed by atoms with Crippen LogP contribution in [0.15, 0.2) is 48.5 Å². The first kappa shape index (κ1) is 14.7. The van der Waals surface area contributed by atoms with E-state index in [0.717, 1.165) is 28.2 Å². The van der Waals surface area contributed by atoms with Gasteiger partial charge in [0.15, 0.2) is 0 Å². The summed E-state index contributed by atoms with van der Waals surface area (Å²) in [4.78, 5) is 11.4. The predicted molar refractivity (Wildman–Crippen MR) is 100.0 cm³/mol. The number of aryl methyl sites for hydroxylation is 3. The highest BCUT2D eigenvalue weighted by atomic mass is 15.2. The molecule has 0 N–H and O–H groups in total. The highest BCUT2D eigenvalue weighted by Gasteiger charge is 2.13. The Labute approximate surface area is 141 Å². The van der Waals surface area contributed by atoms with Crippen LogP contribution < -0.4 is 4.90 Å². The average Bonchev–Trinajstić information content (AvgIpc) is 2.87. The molecule has 0 aliphatic heterocycles. The quantitative estimate of drug-likeness (QED) is 0.546. The zero-order valence-corrected chi connectivity index (χ0v) is 14.4. The van der Waals surface area contributed by atoms with Crippen LogP contribution in [0.4, 0.5) is 11.5 Å². The van der Waals surface area contributed by atoms with Gasteiger partial charge in [-0.1, -0.05) is 12.1 Å². The van der Waals surface area contributed by atoms with Gasteiger partial charge in [-0.2, -0.15) is 0 Å². The van der Waals surface area contributed by atoms with E-state index in [0.29, 0.717) is 0 Å². The van der Waals surface area contributed by atoms with Gasteiger partial charge in [0.2, 0.25) is 0 Å². The van der Waals surface area contributed by atoms with Gasteiger partial charge < -0.3 is 9.47 Å². The molecule has 0 saturated heterocycles. The van der Waals surface area contributed by atoms with Crippen LogP contribution in [0.5, 0.6) is 0 Å². The lowest BCUT2D eigenvalue weighted by Gasteiger charge is -2.20. The van der Waals surface area contributed by atoms with Gasteiger partial charge >= 0.3 is 0 Å². The Hall–Kier alpha value is -2.88. The molecule has 0 unspecified atom stereocenters. The van der Waals surface area contributed by atoms with Crippen molar-refractivity contribution in [3.05, 3.63) is 60.0 Å². The number of anilines is 2. The minimum absolute atomic E-state index is 0.784. The molecule has 2 heterocycles. The number of nitrogens with zero attached hydrogens (tertiary/aromatic N) is 4. The van der Waals surface area contributed by atoms with Crippen LogP contribution in [-0.2, 0) is 7.05 Å². The van der Waals surface area contributed by atoms with Gasteiger partial charge in [0, 0.05) is 41.8 Å². The summed E-state index contributed by atoms with van der Waals surface area (Å²) in [6.07, 6.45) is 0. The third-order valence-electron chi connectivity index (χ3n) is 4.67. The first-order valence-electron chi connectivity index (χ1n) is 8.08. The van der Waals surface area contributed by atoms with Gasteiger partial charge in [-0.05, 0) is 50.2 Å². The molecular formula is C20H20N4. The van der Waals surface area contributed by atoms with Crippen LogP contribution in [0, 0.1) is 13.8 Å².